The van der Waals surface area contributed by atoms with Gasteiger partial charge in [-0.1, -0.05) is 48.0 Å². The Hall–Kier alpha value is -3.02. The first-order chi connectivity index (χ1) is 11.7. The lowest BCUT2D eigenvalue weighted by atomic mass is 10.2. The Kier molecular flexibility index (Phi) is 6.19. The number of halogens is 2. The molecule has 0 aliphatic rings. The minimum Gasteiger partial charge on any atom is -0.370 e. The van der Waals surface area contributed by atoms with E-state index < -0.39 is 5.82 Å². The van der Waals surface area contributed by atoms with Gasteiger partial charge in [-0.3, -0.25) is 0 Å². The molecule has 24 heavy (non-hydrogen) atoms. The number of hydrogen-bond acceptors (Lipinski definition) is 4. The lowest BCUT2D eigenvalue weighted by Gasteiger charge is -2.11. The Labute approximate surface area is 144 Å². The van der Waals surface area contributed by atoms with E-state index in [-0.39, 0.29) is 28.5 Å². The summed E-state index contributed by atoms with van der Waals surface area (Å²) in [6.45, 7) is 0.406. The molecule has 0 spiro atoms. The van der Waals surface area contributed by atoms with E-state index in [2.05, 4.69) is 10.6 Å². The summed E-state index contributed by atoms with van der Waals surface area (Å²) in [6, 6.07) is 17.7. The lowest BCUT2D eigenvalue weighted by molar-refractivity contribution is 0.602. The van der Waals surface area contributed by atoms with Gasteiger partial charge in [0.1, 0.15) is 29.3 Å². The van der Waals surface area contributed by atoms with Crippen LogP contribution >= 0.6 is 11.6 Å². The normalized spacial score (nSPS) is 11.0. The molecule has 0 saturated heterocycles. The van der Waals surface area contributed by atoms with Gasteiger partial charge in [0.05, 0.1) is 0 Å². The topological polar surface area (TPSA) is 71.6 Å². The quantitative estimate of drug-likeness (QED) is 0.788. The van der Waals surface area contributed by atoms with E-state index in [1.54, 1.807) is 6.07 Å². The summed E-state index contributed by atoms with van der Waals surface area (Å²) in [5.74, 6) is -0.469. The van der Waals surface area contributed by atoms with Crippen LogP contribution in [0.5, 0.6) is 0 Å². The standard InChI is InChI=1S/C18H14ClFN4/c19-15-7-4-8-16(20)14(15)12-24-18(10-22)17(9-21)23-11-13-5-2-1-3-6-13/h1-8,23-24H,11-12H2/b18-17+. The number of nitrogens with one attached hydrogen (secondary N) is 2. The number of allylic oxidation sites excluding steroid dienone is 2. The van der Waals surface area contributed by atoms with Crippen molar-refractivity contribution in [2.45, 2.75) is 13.1 Å². The molecule has 6 heteroatoms. The number of nitriles is 2. The zero-order valence-corrected chi connectivity index (χ0v) is 13.4. The molecular weight excluding hydrogens is 327 g/mol. The predicted octanol–water partition coefficient (Wildman–Crippen LogP) is 3.62. The maximum atomic E-state index is 13.8. The third-order valence-electron chi connectivity index (χ3n) is 3.29. The Morgan fingerprint density at radius 3 is 2.12 bits per heavy atom. The summed E-state index contributed by atoms with van der Waals surface area (Å²) in [6.07, 6.45) is 0. The highest BCUT2D eigenvalue weighted by Gasteiger charge is 2.10. The molecule has 0 unspecified atom stereocenters. The molecule has 0 amide bonds. The SMILES string of the molecule is N#C/C(NCc1ccccc1)=C(/C#N)NCc1c(F)cccc1Cl. The first-order valence-electron chi connectivity index (χ1n) is 7.14. The van der Waals surface area contributed by atoms with Crippen LogP contribution in [0.25, 0.3) is 0 Å². The van der Waals surface area contributed by atoms with Gasteiger partial charge in [-0.25, -0.2) is 4.39 Å². The van der Waals surface area contributed by atoms with E-state index in [1.807, 2.05) is 42.5 Å². The second kappa shape index (κ2) is 8.57. The van der Waals surface area contributed by atoms with Crippen LogP contribution in [-0.4, -0.2) is 0 Å². The number of nitrogens with zero attached hydrogens (tertiary/aromatic N) is 2. The molecule has 0 bridgehead atoms. The second-order valence-electron chi connectivity index (χ2n) is 4.87. The summed E-state index contributed by atoms with van der Waals surface area (Å²) >= 11 is 5.95. The predicted molar refractivity (Wildman–Crippen MR) is 89.8 cm³/mol. The molecule has 120 valence electrons. The minimum atomic E-state index is -0.469. The van der Waals surface area contributed by atoms with E-state index in [1.165, 1.54) is 12.1 Å². The molecule has 0 atom stereocenters. The molecule has 0 radical (unpaired) electrons. The third-order valence-corrected chi connectivity index (χ3v) is 3.64. The molecule has 2 N–H and O–H groups in total. The summed E-state index contributed by atoms with van der Waals surface area (Å²) < 4.78 is 13.8. The van der Waals surface area contributed by atoms with Gasteiger partial charge in [-0.05, 0) is 17.7 Å². The molecule has 2 aromatic carbocycles. The fraction of sp³-hybridized carbons (Fsp3) is 0.111. The minimum absolute atomic E-state index is 0.00654. The first kappa shape index (κ1) is 17.3. The van der Waals surface area contributed by atoms with Gasteiger partial charge < -0.3 is 10.6 Å². The maximum Gasteiger partial charge on any atom is 0.148 e. The van der Waals surface area contributed by atoms with Crippen molar-refractivity contribution in [2.75, 3.05) is 0 Å². The van der Waals surface area contributed by atoms with Crippen LogP contribution < -0.4 is 10.6 Å². The fourth-order valence-corrected chi connectivity index (χ4v) is 2.26. The van der Waals surface area contributed by atoms with E-state index in [4.69, 9.17) is 11.6 Å². The smallest absolute Gasteiger partial charge is 0.148 e. The highest BCUT2D eigenvalue weighted by atomic mass is 35.5. The van der Waals surface area contributed by atoms with Crippen LogP contribution in [0.3, 0.4) is 0 Å². The summed E-state index contributed by atoms with van der Waals surface area (Å²) in [5.41, 5.74) is 1.34. The van der Waals surface area contributed by atoms with Gasteiger partial charge in [0.25, 0.3) is 0 Å². The third kappa shape index (κ3) is 4.49. The van der Waals surface area contributed by atoms with Crippen LogP contribution in [0.15, 0.2) is 59.9 Å². The number of hydrogen-bond donors (Lipinski definition) is 2. The van der Waals surface area contributed by atoms with E-state index in [9.17, 15) is 14.9 Å². The Morgan fingerprint density at radius 1 is 0.917 bits per heavy atom. The van der Waals surface area contributed by atoms with Gasteiger partial charge in [0, 0.05) is 23.7 Å². The van der Waals surface area contributed by atoms with Gasteiger partial charge in [-0.15, -0.1) is 0 Å². The molecule has 0 fully saturated rings. The van der Waals surface area contributed by atoms with Crippen molar-refractivity contribution in [3.8, 4) is 12.1 Å². The largest absolute Gasteiger partial charge is 0.370 e. The van der Waals surface area contributed by atoms with Crippen molar-refractivity contribution >= 4 is 11.6 Å². The van der Waals surface area contributed by atoms with Crippen LogP contribution in [0.1, 0.15) is 11.1 Å². The van der Waals surface area contributed by atoms with Crippen LogP contribution in [0.4, 0.5) is 4.39 Å². The van der Waals surface area contributed by atoms with E-state index >= 15 is 0 Å². The number of benzene rings is 2. The van der Waals surface area contributed by atoms with Crippen molar-refractivity contribution in [3.63, 3.8) is 0 Å². The molecule has 2 rings (SSSR count). The zero-order valence-electron chi connectivity index (χ0n) is 12.7. The van der Waals surface area contributed by atoms with Crippen LogP contribution in [0, 0.1) is 28.5 Å². The average Bonchev–Trinajstić information content (AvgIpc) is 2.60. The van der Waals surface area contributed by atoms with Crippen molar-refractivity contribution in [3.05, 3.63) is 81.9 Å². The van der Waals surface area contributed by atoms with Gasteiger partial charge in [0.2, 0.25) is 0 Å². The molecule has 0 aromatic heterocycles. The van der Waals surface area contributed by atoms with E-state index in [0.29, 0.717) is 6.54 Å². The molecule has 0 aliphatic carbocycles. The van der Waals surface area contributed by atoms with Crippen molar-refractivity contribution < 1.29 is 4.39 Å². The zero-order chi connectivity index (χ0) is 17.4. The Balaban J connectivity index is 2.10. The van der Waals surface area contributed by atoms with Gasteiger partial charge in [0.15, 0.2) is 0 Å². The highest BCUT2D eigenvalue weighted by Crippen LogP contribution is 2.19. The molecular formula is C18H14ClFN4. The Bertz CT molecular complexity index is 799. The molecule has 0 heterocycles. The fourth-order valence-electron chi connectivity index (χ4n) is 2.03. The van der Waals surface area contributed by atoms with Crippen molar-refractivity contribution in [2.24, 2.45) is 0 Å². The summed E-state index contributed by atoms with van der Waals surface area (Å²) in [7, 11) is 0. The monoisotopic (exact) mass is 340 g/mol. The van der Waals surface area contributed by atoms with Crippen molar-refractivity contribution in [1.29, 1.82) is 10.5 Å². The first-order valence-corrected chi connectivity index (χ1v) is 7.52. The molecule has 0 saturated carbocycles. The highest BCUT2D eigenvalue weighted by molar-refractivity contribution is 6.31. The average molecular weight is 341 g/mol. The maximum absolute atomic E-state index is 13.8. The molecule has 4 nitrogen and oxygen atoms in total. The van der Waals surface area contributed by atoms with Gasteiger partial charge in [-0.2, -0.15) is 10.5 Å². The second-order valence-corrected chi connectivity index (χ2v) is 5.27. The summed E-state index contributed by atoms with van der Waals surface area (Å²) in [4.78, 5) is 0. The van der Waals surface area contributed by atoms with Gasteiger partial charge >= 0.3 is 0 Å². The van der Waals surface area contributed by atoms with Crippen molar-refractivity contribution in [1.82, 2.24) is 10.6 Å². The summed E-state index contributed by atoms with van der Waals surface area (Å²) in [5, 5.41) is 24.4. The lowest BCUT2D eigenvalue weighted by Crippen LogP contribution is -2.21. The van der Waals surface area contributed by atoms with Crippen LogP contribution in [0.2, 0.25) is 5.02 Å². The van der Waals surface area contributed by atoms with E-state index in [0.717, 1.165) is 5.56 Å². The molecule has 2 aromatic rings. The van der Waals surface area contributed by atoms with Crippen LogP contribution in [-0.2, 0) is 13.1 Å². The molecule has 0 aliphatic heterocycles. The number of rotatable bonds is 6. The Morgan fingerprint density at radius 2 is 1.54 bits per heavy atom.